The van der Waals surface area contributed by atoms with Crippen LogP contribution in [0.4, 0.5) is 0 Å². The summed E-state index contributed by atoms with van der Waals surface area (Å²) in [5.74, 6) is -0.203. The number of ether oxygens (including phenoxy) is 3. The molecule has 1 aliphatic rings. The minimum Gasteiger partial charge on any atom is -0.492 e. The van der Waals surface area contributed by atoms with E-state index in [9.17, 15) is 9.90 Å². The SMILES string of the molecule is COC(C)(C)ONC(=O)CCCC[C@@H](O)c1ccc(-c2ccc(OCCN3CCOCC3)cc2)cc1. The van der Waals surface area contributed by atoms with Crippen LogP contribution in [0.3, 0.4) is 0 Å². The monoisotopic (exact) mass is 500 g/mol. The number of aliphatic hydroxyl groups excluding tert-OH is 1. The molecule has 36 heavy (non-hydrogen) atoms. The molecule has 0 spiro atoms. The van der Waals surface area contributed by atoms with Gasteiger partial charge in [0.15, 0.2) is 5.79 Å². The first-order chi connectivity index (χ1) is 17.4. The molecule has 1 heterocycles. The van der Waals surface area contributed by atoms with Crippen LogP contribution in [0.15, 0.2) is 48.5 Å². The van der Waals surface area contributed by atoms with Gasteiger partial charge in [0.2, 0.25) is 5.91 Å². The lowest BCUT2D eigenvalue weighted by Crippen LogP contribution is -2.38. The molecule has 0 saturated carbocycles. The number of aliphatic hydroxyl groups is 1. The van der Waals surface area contributed by atoms with Crippen molar-refractivity contribution in [1.82, 2.24) is 10.4 Å². The summed E-state index contributed by atoms with van der Waals surface area (Å²) < 4.78 is 16.4. The quantitative estimate of drug-likeness (QED) is 0.229. The van der Waals surface area contributed by atoms with Crippen LogP contribution in [0.1, 0.15) is 51.2 Å². The molecule has 0 radical (unpaired) electrons. The maximum atomic E-state index is 11.9. The van der Waals surface area contributed by atoms with E-state index < -0.39 is 11.9 Å². The summed E-state index contributed by atoms with van der Waals surface area (Å²) in [5, 5.41) is 10.5. The van der Waals surface area contributed by atoms with Crippen LogP contribution in [0.25, 0.3) is 11.1 Å². The van der Waals surface area contributed by atoms with Crippen LogP contribution in [0, 0.1) is 0 Å². The number of carbonyl (C=O) groups is 1. The van der Waals surface area contributed by atoms with E-state index in [1.165, 1.54) is 7.11 Å². The Labute approximate surface area is 214 Å². The number of nitrogens with one attached hydrogen (secondary N) is 1. The highest BCUT2D eigenvalue weighted by Gasteiger charge is 2.18. The minimum atomic E-state index is -0.864. The first-order valence-corrected chi connectivity index (χ1v) is 12.7. The summed E-state index contributed by atoms with van der Waals surface area (Å²) in [6, 6.07) is 16.1. The summed E-state index contributed by atoms with van der Waals surface area (Å²) in [7, 11) is 1.51. The number of methoxy groups -OCH3 is 1. The number of unbranched alkanes of at least 4 members (excludes halogenated alkanes) is 1. The topological polar surface area (TPSA) is 89.5 Å². The molecule has 2 aromatic rings. The molecule has 8 nitrogen and oxygen atoms in total. The molecule has 1 aliphatic heterocycles. The standard InChI is InChI=1S/C28H40N2O6/c1-28(2,33-3)36-29-27(32)7-5-4-6-26(31)24-10-8-22(9-11-24)23-12-14-25(15-13-23)35-21-18-30-16-19-34-20-17-30/h8-15,26,31H,4-7,16-21H2,1-3H3,(H,29,32)/t26-/m1/s1. The predicted molar refractivity (Wildman–Crippen MR) is 138 cm³/mol. The maximum absolute atomic E-state index is 11.9. The molecule has 0 bridgehead atoms. The Morgan fingerprint density at radius 2 is 1.69 bits per heavy atom. The fraction of sp³-hybridized carbons (Fsp3) is 0.536. The van der Waals surface area contributed by atoms with Crippen molar-refractivity contribution in [3.8, 4) is 16.9 Å². The molecular formula is C28H40N2O6. The van der Waals surface area contributed by atoms with Crippen LogP contribution < -0.4 is 10.2 Å². The zero-order chi connectivity index (χ0) is 25.8. The lowest BCUT2D eigenvalue weighted by molar-refractivity contribution is -0.231. The average molecular weight is 501 g/mol. The van der Waals surface area contributed by atoms with E-state index in [1.807, 2.05) is 36.4 Å². The normalized spacial score (nSPS) is 15.4. The number of hydroxylamine groups is 1. The highest BCUT2D eigenvalue weighted by Crippen LogP contribution is 2.26. The Kier molecular flexibility index (Phi) is 11.2. The third-order valence-corrected chi connectivity index (χ3v) is 6.30. The van der Waals surface area contributed by atoms with Crippen LogP contribution in [-0.4, -0.2) is 68.3 Å². The molecule has 2 aromatic carbocycles. The Morgan fingerprint density at radius 1 is 1.06 bits per heavy atom. The summed E-state index contributed by atoms with van der Waals surface area (Å²) in [6.07, 6.45) is 1.76. The van der Waals surface area contributed by atoms with Gasteiger partial charge in [-0.15, -0.1) is 0 Å². The van der Waals surface area contributed by atoms with Gasteiger partial charge in [-0.25, -0.2) is 10.3 Å². The fourth-order valence-corrected chi connectivity index (χ4v) is 3.82. The van der Waals surface area contributed by atoms with Crippen molar-refractivity contribution in [1.29, 1.82) is 0 Å². The van der Waals surface area contributed by atoms with Gasteiger partial charge in [-0.3, -0.25) is 9.69 Å². The van der Waals surface area contributed by atoms with Gasteiger partial charge in [0.1, 0.15) is 12.4 Å². The Hall–Kier alpha value is -2.49. The minimum absolute atomic E-state index is 0.201. The van der Waals surface area contributed by atoms with E-state index >= 15 is 0 Å². The van der Waals surface area contributed by atoms with Crippen molar-refractivity contribution < 1.29 is 28.9 Å². The van der Waals surface area contributed by atoms with Gasteiger partial charge in [-0.2, -0.15) is 0 Å². The van der Waals surface area contributed by atoms with Crippen molar-refractivity contribution in [3.63, 3.8) is 0 Å². The Morgan fingerprint density at radius 3 is 2.33 bits per heavy atom. The fourth-order valence-electron chi connectivity index (χ4n) is 3.82. The van der Waals surface area contributed by atoms with E-state index in [0.29, 0.717) is 25.9 Å². The molecule has 198 valence electrons. The average Bonchev–Trinajstić information content (AvgIpc) is 2.91. The largest absolute Gasteiger partial charge is 0.492 e. The van der Waals surface area contributed by atoms with Crippen LogP contribution in [0.5, 0.6) is 5.75 Å². The van der Waals surface area contributed by atoms with Crippen LogP contribution in [-0.2, 0) is 19.1 Å². The summed E-state index contributed by atoms with van der Waals surface area (Å²) in [4.78, 5) is 19.4. The number of benzene rings is 2. The number of hydrogen-bond acceptors (Lipinski definition) is 7. The zero-order valence-corrected chi connectivity index (χ0v) is 21.7. The third-order valence-electron chi connectivity index (χ3n) is 6.30. The second-order valence-electron chi connectivity index (χ2n) is 9.44. The highest BCUT2D eigenvalue weighted by molar-refractivity contribution is 5.74. The number of carbonyl (C=O) groups excluding carboxylic acids is 1. The predicted octanol–water partition coefficient (Wildman–Crippen LogP) is 4.09. The van der Waals surface area contributed by atoms with Gasteiger partial charge in [-0.1, -0.05) is 42.8 Å². The van der Waals surface area contributed by atoms with Gasteiger partial charge in [-0.05, 0) is 55.5 Å². The van der Waals surface area contributed by atoms with Gasteiger partial charge < -0.3 is 19.3 Å². The van der Waals surface area contributed by atoms with Gasteiger partial charge >= 0.3 is 0 Å². The van der Waals surface area contributed by atoms with Crippen molar-refractivity contribution in [2.24, 2.45) is 0 Å². The molecule has 1 amide bonds. The molecule has 1 saturated heterocycles. The third kappa shape index (κ3) is 9.52. The second kappa shape index (κ2) is 14.3. The maximum Gasteiger partial charge on any atom is 0.243 e. The first kappa shape index (κ1) is 28.1. The van der Waals surface area contributed by atoms with Gasteiger partial charge in [0.25, 0.3) is 0 Å². The zero-order valence-electron chi connectivity index (χ0n) is 21.7. The molecule has 3 rings (SSSR count). The van der Waals surface area contributed by atoms with Crippen molar-refractivity contribution >= 4 is 5.91 Å². The van der Waals surface area contributed by atoms with Gasteiger partial charge in [0.05, 0.1) is 19.3 Å². The molecule has 2 N–H and O–H groups in total. The molecule has 8 heteroatoms. The molecule has 0 aromatic heterocycles. The first-order valence-electron chi connectivity index (χ1n) is 12.7. The number of nitrogens with zero attached hydrogens (tertiary/aromatic N) is 1. The van der Waals surface area contributed by atoms with E-state index in [-0.39, 0.29) is 5.91 Å². The van der Waals surface area contributed by atoms with Crippen LogP contribution in [0.2, 0.25) is 0 Å². The van der Waals surface area contributed by atoms with E-state index in [1.54, 1.807) is 13.8 Å². The Balaban J connectivity index is 1.37. The highest BCUT2D eigenvalue weighted by atomic mass is 16.8. The van der Waals surface area contributed by atoms with Crippen LogP contribution >= 0.6 is 0 Å². The number of morpholine rings is 1. The molecule has 1 atom stereocenters. The molecular weight excluding hydrogens is 460 g/mol. The molecule has 0 unspecified atom stereocenters. The number of hydrogen-bond donors (Lipinski definition) is 2. The molecule has 1 fully saturated rings. The molecule has 0 aliphatic carbocycles. The van der Waals surface area contributed by atoms with Crippen molar-refractivity contribution in [2.75, 3.05) is 46.6 Å². The second-order valence-corrected chi connectivity index (χ2v) is 9.44. The Bertz CT molecular complexity index is 911. The van der Waals surface area contributed by atoms with E-state index in [4.69, 9.17) is 19.0 Å². The number of rotatable bonds is 14. The summed E-state index contributed by atoms with van der Waals surface area (Å²) in [6.45, 7) is 8.53. The lowest BCUT2D eigenvalue weighted by Gasteiger charge is -2.26. The van der Waals surface area contributed by atoms with E-state index in [0.717, 1.165) is 61.7 Å². The van der Waals surface area contributed by atoms with Crippen molar-refractivity contribution in [3.05, 3.63) is 54.1 Å². The summed E-state index contributed by atoms with van der Waals surface area (Å²) in [5.41, 5.74) is 5.46. The lowest BCUT2D eigenvalue weighted by atomic mass is 9.99. The van der Waals surface area contributed by atoms with Crippen molar-refractivity contribution in [2.45, 2.75) is 51.4 Å². The van der Waals surface area contributed by atoms with Gasteiger partial charge in [0, 0.05) is 33.2 Å². The summed E-state index contributed by atoms with van der Waals surface area (Å²) >= 11 is 0. The van der Waals surface area contributed by atoms with E-state index in [2.05, 4.69) is 22.5 Å². The number of amides is 1. The smallest absolute Gasteiger partial charge is 0.243 e.